The van der Waals surface area contributed by atoms with Crippen LogP contribution in [-0.2, 0) is 11.2 Å². The molecule has 1 saturated heterocycles. The normalized spacial score (nSPS) is 22.6. The maximum atomic E-state index is 12.0. The maximum Gasteiger partial charge on any atom is 0.220 e. The minimum absolute atomic E-state index is 0.0802. The van der Waals surface area contributed by atoms with Crippen LogP contribution < -0.4 is 10.6 Å². The van der Waals surface area contributed by atoms with Gasteiger partial charge in [0.25, 0.3) is 0 Å². The summed E-state index contributed by atoms with van der Waals surface area (Å²) >= 11 is 12.0. The van der Waals surface area contributed by atoms with Gasteiger partial charge in [-0.1, -0.05) is 29.3 Å². The summed E-state index contributed by atoms with van der Waals surface area (Å²) in [5, 5.41) is 7.71. The molecule has 3 nitrogen and oxygen atoms in total. The van der Waals surface area contributed by atoms with Crippen molar-refractivity contribution in [3.8, 4) is 0 Å². The van der Waals surface area contributed by atoms with Crippen molar-refractivity contribution in [1.29, 1.82) is 0 Å². The first-order chi connectivity index (χ1) is 9.56. The minimum atomic E-state index is 0.0802. The first-order valence-electron chi connectivity index (χ1n) is 7.03. The highest BCUT2D eigenvalue weighted by Crippen LogP contribution is 2.22. The van der Waals surface area contributed by atoms with Gasteiger partial charge in [-0.25, -0.2) is 0 Å². The number of amides is 1. The van der Waals surface area contributed by atoms with Crippen LogP contribution >= 0.6 is 23.2 Å². The Hall–Kier alpha value is -0.770. The molecule has 0 spiro atoms. The fourth-order valence-corrected chi connectivity index (χ4v) is 3.00. The van der Waals surface area contributed by atoms with E-state index in [1.165, 1.54) is 0 Å². The lowest BCUT2D eigenvalue weighted by atomic mass is 9.99. The molecular formula is C15H20Cl2N2O. The average molecular weight is 315 g/mol. The Balaban J connectivity index is 1.82. The number of hydrogen-bond acceptors (Lipinski definition) is 2. The van der Waals surface area contributed by atoms with Gasteiger partial charge in [0, 0.05) is 28.5 Å². The van der Waals surface area contributed by atoms with Gasteiger partial charge in [0.05, 0.1) is 0 Å². The summed E-state index contributed by atoms with van der Waals surface area (Å²) in [7, 11) is 0. The molecule has 0 aromatic heterocycles. The molecule has 0 saturated carbocycles. The highest BCUT2D eigenvalue weighted by molar-refractivity contribution is 6.35. The van der Waals surface area contributed by atoms with Crippen molar-refractivity contribution in [2.75, 3.05) is 6.54 Å². The van der Waals surface area contributed by atoms with Gasteiger partial charge in [-0.05, 0) is 50.4 Å². The molecule has 0 bridgehead atoms. The van der Waals surface area contributed by atoms with Crippen molar-refractivity contribution in [3.63, 3.8) is 0 Å². The summed E-state index contributed by atoms with van der Waals surface area (Å²) in [6, 6.07) is 5.96. The second-order valence-corrected chi connectivity index (χ2v) is 6.14. The molecule has 1 heterocycles. The molecule has 0 radical (unpaired) electrons. The number of hydrogen-bond donors (Lipinski definition) is 2. The van der Waals surface area contributed by atoms with Crippen molar-refractivity contribution < 1.29 is 4.79 Å². The Kier molecular flexibility index (Phi) is 5.70. The highest BCUT2D eigenvalue weighted by atomic mass is 35.5. The largest absolute Gasteiger partial charge is 0.352 e. The van der Waals surface area contributed by atoms with E-state index in [0.29, 0.717) is 28.9 Å². The van der Waals surface area contributed by atoms with Crippen molar-refractivity contribution in [2.45, 2.75) is 44.7 Å². The quantitative estimate of drug-likeness (QED) is 0.896. The summed E-state index contributed by atoms with van der Waals surface area (Å²) < 4.78 is 0. The standard InChI is InChI=1S/C15H20Cl2N2O/c1-10-14(3-2-8-18-10)19-15(20)7-5-11-4-6-12(16)9-13(11)17/h4,6,9-10,14,18H,2-3,5,7-8H2,1H3,(H,19,20). The molecule has 1 aliphatic heterocycles. The van der Waals surface area contributed by atoms with E-state index in [2.05, 4.69) is 17.6 Å². The molecule has 1 amide bonds. The lowest BCUT2D eigenvalue weighted by molar-refractivity contribution is -0.122. The molecule has 5 heteroatoms. The monoisotopic (exact) mass is 314 g/mol. The van der Waals surface area contributed by atoms with Crippen LogP contribution in [0.15, 0.2) is 18.2 Å². The smallest absolute Gasteiger partial charge is 0.220 e. The average Bonchev–Trinajstić information content (AvgIpc) is 2.40. The van der Waals surface area contributed by atoms with Crippen LogP contribution in [0.4, 0.5) is 0 Å². The Morgan fingerprint density at radius 3 is 2.95 bits per heavy atom. The SMILES string of the molecule is CC1NCCCC1NC(=O)CCc1ccc(Cl)cc1Cl. The summed E-state index contributed by atoms with van der Waals surface area (Å²) in [5.74, 6) is 0.0802. The van der Waals surface area contributed by atoms with Gasteiger partial charge in [-0.15, -0.1) is 0 Å². The van der Waals surface area contributed by atoms with Crippen LogP contribution in [-0.4, -0.2) is 24.5 Å². The zero-order valence-corrected chi connectivity index (χ0v) is 13.1. The topological polar surface area (TPSA) is 41.1 Å². The third-order valence-electron chi connectivity index (χ3n) is 3.74. The maximum absolute atomic E-state index is 12.0. The number of carbonyl (C=O) groups excluding carboxylic acids is 1. The van der Waals surface area contributed by atoms with Gasteiger partial charge < -0.3 is 10.6 Å². The van der Waals surface area contributed by atoms with Crippen molar-refractivity contribution in [2.24, 2.45) is 0 Å². The van der Waals surface area contributed by atoms with E-state index in [0.717, 1.165) is 24.9 Å². The Labute approximate surface area is 130 Å². The predicted octanol–water partition coefficient (Wildman–Crippen LogP) is 3.18. The van der Waals surface area contributed by atoms with Crippen LogP contribution in [0.1, 0.15) is 31.7 Å². The molecule has 2 rings (SSSR count). The zero-order chi connectivity index (χ0) is 14.5. The van der Waals surface area contributed by atoms with E-state index in [1.807, 2.05) is 6.07 Å². The van der Waals surface area contributed by atoms with Gasteiger partial charge in [-0.3, -0.25) is 4.79 Å². The van der Waals surface area contributed by atoms with E-state index in [-0.39, 0.29) is 11.9 Å². The van der Waals surface area contributed by atoms with Crippen molar-refractivity contribution in [3.05, 3.63) is 33.8 Å². The van der Waals surface area contributed by atoms with E-state index in [1.54, 1.807) is 12.1 Å². The molecule has 2 unspecified atom stereocenters. The van der Waals surface area contributed by atoms with Gasteiger partial charge >= 0.3 is 0 Å². The summed E-state index contributed by atoms with van der Waals surface area (Å²) in [4.78, 5) is 12.0. The van der Waals surface area contributed by atoms with Gasteiger partial charge in [-0.2, -0.15) is 0 Å². The molecule has 2 N–H and O–H groups in total. The Morgan fingerprint density at radius 2 is 2.25 bits per heavy atom. The number of piperidine rings is 1. The molecule has 1 aromatic carbocycles. The lowest BCUT2D eigenvalue weighted by Gasteiger charge is -2.30. The van der Waals surface area contributed by atoms with Crippen LogP contribution in [0.5, 0.6) is 0 Å². The fraction of sp³-hybridized carbons (Fsp3) is 0.533. The van der Waals surface area contributed by atoms with E-state index in [9.17, 15) is 4.79 Å². The predicted molar refractivity (Wildman–Crippen MR) is 83.4 cm³/mol. The molecule has 20 heavy (non-hydrogen) atoms. The highest BCUT2D eigenvalue weighted by Gasteiger charge is 2.22. The molecule has 1 aliphatic rings. The number of nitrogens with one attached hydrogen (secondary N) is 2. The molecule has 2 atom stereocenters. The van der Waals surface area contributed by atoms with Crippen molar-refractivity contribution >= 4 is 29.1 Å². The summed E-state index contributed by atoms with van der Waals surface area (Å²) in [5.41, 5.74) is 0.959. The van der Waals surface area contributed by atoms with E-state index < -0.39 is 0 Å². The number of halogens is 2. The van der Waals surface area contributed by atoms with Crippen molar-refractivity contribution in [1.82, 2.24) is 10.6 Å². The zero-order valence-electron chi connectivity index (χ0n) is 11.6. The number of benzene rings is 1. The fourth-order valence-electron chi connectivity index (χ4n) is 2.49. The number of rotatable bonds is 4. The molecule has 0 aliphatic carbocycles. The summed E-state index contributed by atoms with van der Waals surface area (Å²) in [6.45, 7) is 3.15. The third kappa shape index (κ3) is 4.37. The lowest BCUT2D eigenvalue weighted by Crippen LogP contribution is -2.51. The van der Waals surface area contributed by atoms with Crippen LogP contribution in [0.3, 0.4) is 0 Å². The Morgan fingerprint density at radius 1 is 1.45 bits per heavy atom. The molecule has 1 aromatic rings. The van der Waals surface area contributed by atoms with Gasteiger partial charge in [0.2, 0.25) is 5.91 Å². The molecular weight excluding hydrogens is 295 g/mol. The van der Waals surface area contributed by atoms with E-state index >= 15 is 0 Å². The third-order valence-corrected chi connectivity index (χ3v) is 4.33. The van der Waals surface area contributed by atoms with Crippen LogP contribution in [0.2, 0.25) is 10.0 Å². The molecule has 1 fully saturated rings. The van der Waals surface area contributed by atoms with Crippen LogP contribution in [0, 0.1) is 0 Å². The molecule has 110 valence electrons. The second-order valence-electron chi connectivity index (χ2n) is 5.29. The Bertz CT molecular complexity index is 479. The van der Waals surface area contributed by atoms with Gasteiger partial charge in [0.1, 0.15) is 0 Å². The van der Waals surface area contributed by atoms with Gasteiger partial charge in [0.15, 0.2) is 0 Å². The minimum Gasteiger partial charge on any atom is -0.352 e. The second kappa shape index (κ2) is 7.30. The first kappa shape index (κ1) is 15.6. The van der Waals surface area contributed by atoms with Crippen LogP contribution in [0.25, 0.3) is 0 Å². The van der Waals surface area contributed by atoms with E-state index in [4.69, 9.17) is 23.2 Å². The summed E-state index contributed by atoms with van der Waals surface area (Å²) in [6.07, 6.45) is 3.24. The number of aryl methyl sites for hydroxylation is 1. The first-order valence-corrected chi connectivity index (χ1v) is 7.78. The number of carbonyl (C=O) groups is 1.